The first kappa shape index (κ1) is 19.0. The number of carbonyl (C=O) groups excluding carboxylic acids is 1. The van der Waals surface area contributed by atoms with Gasteiger partial charge in [-0.2, -0.15) is 0 Å². The van der Waals surface area contributed by atoms with Crippen LogP contribution < -0.4 is 5.32 Å². The number of allylic oxidation sites excluding steroid dienone is 1. The Morgan fingerprint density at radius 2 is 2.27 bits per heavy atom. The molecule has 9 heteroatoms. The lowest BCUT2D eigenvalue weighted by Gasteiger charge is -2.26. The molecular weight excluding hydrogens is 445 g/mol. The van der Waals surface area contributed by atoms with Crippen molar-refractivity contribution in [2.45, 2.75) is 13.0 Å². The number of alkyl halides is 1. The predicted octanol–water partition coefficient (Wildman–Crippen LogP) is 4.16. The summed E-state index contributed by atoms with van der Waals surface area (Å²) in [6.07, 6.45) is 0. The van der Waals surface area contributed by atoms with Gasteiger partial charge < -0.3 is 10.1 Å². The van der Waals surface area contributed by atoms with Gasteiger partial charge >= 0.3 is 5.97 Å². The summed E-state index contributed by atoms with van der Waals surface area (Å²) in [4.78, 5) is 21.5. The molecule has 0 saturated carbocycles. The Morgan fingerprint density at radius 1 is 1.50 bits per heavy atom. The first-order valence-electron chi connectivity index (χ1n) is 7.54. The maximum Gasteiger partial charge on any atom is 0.338 e. The van der Waals surface area contributed by atoms with Crippen molar-refractivity contribution in [1.82, 2.24) is 10.3 Å². The van der Waals surface area contributed by atoms with Gasteiger partial charge in [0.15, 0.2) is 10.8 Å². The molecule has 3 rings (SSSR count). The van der Waals surface area contributed by atoms with Crippen LogP contribution in [-0.4, -0.2) is 29.2 Å². The van der Waals surface area contributed by atoms with Crippen LogP contribution in [0.2, 0.25) is 5.02 Å². The molecule has 0 fully saturated rings. The number of carbonyl (C=O) groups is 1. The number of nitrogens with one attached hydrogen (secondary N) is 1. The maximum atomic E-state index is 13.5. The summed E-state index contributed by atoms with van der Waals surface area (Å²) in [7, 11) is 1.30. The van der Waals surface area contributed by atoms with Crippen LogP contribution in [0.4, 0.5) is 4.39 Å². The van der Waals surface area contributed by atoms with Crippen LogP contribution in [-0.2, 0) is 9.53 Å². The van der Waals surface area contributed by atoms with Gasteiger partial charge in [0.25, 0.3) is 0 Å². The van der Waals surface area contributed by atoms with Crippen molar-refractivity contribution in [1.29, 1.82) is 0 Å². The van der Waals surface area contributed by atoms with E-state index < -0.39 is 17.8 Å². The Labute approximate surface area is 167 Å². The molecule has 2 heterocycles. The van der Waals surface area contributed by atoms with Crippen molar-refractivity contribution in [3.8, 4) is 0 Å². The molecule has 1 aromatic carbocycles. The molecule has 1 atom stereocenters. The lowest BCUT2D eigenvalue weighted by atomic mass is 9.96. The summed E-state index contributed by atoms with van der Waals surface area (Å²) in [6, 6.07) is 3.28. The molecule has 5 nitrogen and oxygen atoms in total. The number of nitrogens with zero attached hydrogens (tertiary/aromatic N) is 2. The average Bonchev–Trinajstić information content (AvgIpc) is 3.06. The fraction of sp³-hybridized carbons (Fsp3) is 0.235. The zero-order valence-electron chi connectivity index (χ0n) is 13.8. The lowest BCUT2D eigenvalue weighted by Crippen LogP contribution is -2.34. The number of hydrogen-bond donors (Lipinski definition) is 1. The van der Waals surface area contributed by atoms with E-state index >= 15 is 0 Å². The first-order valence-corrected chi connectivity index (χ1v) is 9.92. The van der Waals surface area contributed by atoms with E-state index in [4.69, 9.17) is 16.3 Å². The van der Waals surface area contributed by atoms with E-state index in [0.717, 1.165) is 5.69 Å². The molecule has 26 heavy (non-hydrogen) atoms. The SMILES string of the molecule is COC(=O)C1=C(CBr)NC(c2nc(C)cs2)=N[C@H]1c1ccc(F)cc1Cl. The lowest BCUT2D eigenvalue weighted by molar-refractivity contribution is -0.136. The van der Waals surface area contributed by atoms with Gasteiger partial charge in [-0.1, -0.05) is 33.6 Å². The number of aromatic nitrogens is 1. The standard InChI is InChI=1S/C17H14BrClFN3O2S/c1-8-7-26-16(21-8)15-22-12(6-18)13(17(24)25-2)14(23-15)10-4-3-9(20)5-11(10)19/h3-5,7,14H,6H2,1-2H3,(H,22,23)/t14-/m0/s1. The Morgan fingerprint density at radius 3 is 2.85 bits per heavy atom. The number of methoxy groups -OCH3 is 1. The van der Waals surface area contributed by atoms with E-state index in [0.29, 0.717) is 33.0 Å². The fourth-order valence-electron chi connectivity index (χ4n) is 2.57. The second-order valence-electron chi connectivity index (χ2n) is 5.48. The second kappa shape index (κ2) is 7.85. The van der Waals surface area contributed by atoms with Gasteiger partial charge in [0.05, 0.1) is 12.7 Å². The molecule has 0 saturated heterocycles. The van der Waals surface area contributed by atoms with Gasteiger partial charge in [-0.15, -0.1) is 11.3 Å². The molecule has 0 spiro atoms. The van der Waals surface area contributed by atoms with E-state index in [-0.39, 0.29) is 5.02 Å². The number of benzene rings is 1. The van der Waals surface area contributed by atoms with Crippen LogP contribution in [0.1, 0.15) is 22.3 Å². The Hall–Kier alpha value is -1.77. The average molecular weight is 459 g/mol. The summed E-state index contributed by atoms with van der Waals surface area (Å²) in [5, 5.41) is 6.30. The van der Waals surface area contributed by atoms with Gasteiger partial charge in [0.1, 0.15) is 11.9 Å². The van der Waals surface area contributed by atoms with Crippen LogP contribution in [0.25, 0.3) is 0 Å². The number of thiazole rings is 1. The normalized spacial score (nSPS) is 17.0. The third-order valence-electron chi connectivity index (χ3n) is 3.74. The third kappa shape index (κ3) is 3.67. The van der Waals surface area contributed by atoms with Crippen molar-refractivity contribution in [3.05, 3.63) is 62.0 Å². The monoisotopic (exact) mass is 457 g/mol. The molecule has 2 aromatic rings. The van der Waals surface area contributed by atoms with Crippen molar-refractivity contribution in [2.24, 2.45) is 4.99 Å². The van der Waals surface area contributed by atoms with E-state index in [2.05, 4.69) is 31.2 Å². The van der Waals surface area contributed by atoms with Gasteiger partial charge in [-0.25, -0.2) is 14.2 Å². The Bertz CT molecular complexity index is 928. The molecular formula is C17H14BrClFN3O2S. The van der Waals surface area contributed by atoms with Crippen molar-refractivity contribution >= 4 is 50.7 Å². The van der Waals surface area contributed by atoms with Crippen LogP contribution >= 0.6 is 38.9 Å². The minimum Gasteiger partial charge on any atom is -0.466 e. The zero-order valence-corrected chi connectivity index (χ0v) is 17.0. The number of esters is 1. The van der Waals surface area contributed by atoms with Crippen LogP contribution in [0.5, 0.6) is 0 Å². The number of halogens is 3. The number of aliphatic imine (C=N–C) groups is 1. The predicted molar refractivity (Wildman–Crippen MR) is 104 cm³/mol. The van der Waals surface area contributed by atoms with E-state index in [1.807, 2.05) is 12.3 Å². The zero-order chi connectivity index (χ0) is 18.8. The number of amidine groups is 1. The van der Waals surface area contributed by atoms with E-state index in [1.165, 1.54) is 36.6 Å². The fourth-order valence-corrected chi connectivity index (χ4v) is 4.03. The summed E-state index contributed by atoms with van der Waals surface area (Å²) < 4.78 is 18.4. The summed E-state index contributed by atoms with van der Waals surface area (Å²) in [6.45, 7) is 1.89. The van der Waals surface area contributed by atoms with Gasteiger partial charge in [0.2, 0.25) is 0 Å². The molecule has 136 valence electrons. The van der Waals surface area contributed by atoms with E-state index in [1.54, 1.807) is 0 Å². The van der Waals surface area contributed by atoms with Crippen LogP contribution in [0.15, 0.2) is 39.8 Å². The molecule has 0 unspecified atom stereocenters. The topological polar surface area (TPSA) is 63.6 Å². The number of aryl methyl sites for hydroxylation is 1. The minimum atomic E-state index is -0.733. The number of ether oxygens (including phenoxy) is 1. The number of rotatable bonds is 4. The smallest absolute Gasteiger partial charge is 0.338 e. The molecule has 0 amide bonds. The summed E-state index contributed by atoms with van der Waals surface area (Å²) in [5.74, 6) is -0.470. The van der Waals surface area contributed by atoms with Gasteiger partial charge in [-0.05, 0) is 19.1 Å². The molecule has 1 aliphatic heterocycles. The van der Waals surface area contributed by atoms with Gasteiger partial charge in [-0.3, -0.25) is 4.99 Å². The summed E-state index contributed by atoms with van der Waals surface area (Å²) >= 11 is 11.1. The highest BCUT2D eigenvalue weighted by Gasteiger charge is 2.33. The largest absolute Gasteiger partial charge is 0.466 e. The van der Waals surface area contributed by atoms with Crippen LogP contribution in [0, 0.1) is 12.7 Å². The van der Waals surface area contributed by atoms with Crippen molar-refractivity contribution < 1.29 is 13.9 Å². The maximum absolute atomic E-state index is 13.5. The Balaban J connectivity index is 2.17. The highest BCUT2D eigenvalue weighted by molar-refractivity contribution is 9.09. The molecule has 1 N–H and O–H groups in total. The molecule has 0 bridgehead atoms. The third-order valence-corrected chi connectivity index (χ3v) is 5.60. The second-order valence-corrected chi connectivity index (χ2v) is 7.31. The molecule has 1 aromatic heterocycles. The highest BCUT2D eigenvalue weighted by Crippen LogP contribution is 2.36. The molecule has 0 radical (unpaired) electrons. The minimum absolute atomic E-state index is 0.186. The summed E-state index contributed by atoms with van der Waals surface area (Å²) in [5.41, 5.74) is 2.29. The van der Waals surface area contributed by atoms with E-state index in [9.17, 15) is 9.18 Å². The van der Waals surface area contributed by atoms with Gasteiger partial charge in [0, 0.05) is 32.7 Å². The van der Waals surface area contributed by atoms with Crippen molar-refractivity contribution in [2.75, 3.05) is 12.4 Å². The van der Waals surface area contributed by atoms with Crippen LogP contribution in [0.3, 0.4) is 0 Å². The molecule has 0 aliphatic carbocycles. The Kier molecular flexibility index (Phi) is 5.74. The quantitative estimate of drug-likeness (QED) is 0.552. The molecule has 1 aliphatic rings. The first-order chi connectivity index (χ1) is 12.4. The number of hydrogen-bond acceptors (Lipinski definition) is 6. The van der Waals surface area contributed by atoms with Crippen molar-refractivity contribution in [3.63, 3.8) is 0 Å². The highest BCUT2D eigenvalue weighted by atomic mass is 79.9.